The molecule has 2 aromatic carbocycles. The number of carboxylic acids is 2. The van der Waals surface area contributed by atoms with Gasteiger partial charge in [-0.05, 0) is 176 Å². The van der Waals surface area contributed by atoms with Crippen LogP contribution in [-0.2, 0) is 22.4 Å². The highest BCUT2D eigenvalue weighted by atomic mass is 16.4. The van der Waals surface area contributed by atoms with Gasteiger partial charge in [0.1, 0.15) is 11.5 Å². The van der Waals surface area contributed by atoms with Gasteiger partial charge in [0.2, 0.25) is 0 Å². The molecule has 4 fully saturated rings. The predicted molar refractivity (Wildman–Crippen MR) is 187 cm³/mol. The van der Waals surface area contributed by atoms with Crippen LogP contribution >= 0.6 is 0 Å². The van der Waals surface area contributed by atoms with E-state index in [0.29, 0.717) is 35.2 Å². The molecule has 0 heterocycles. The summed E-state index contributed by atoms with van der Waals surface area (Å²) in [5, 5.41) is 56.2. The van der Waals surface area contributed by atoms with Gasteiger partial charge in [-0.15, -0.1) is 0 Å². The van der Waals surface area contributed by atoms with Crippen molar-refractivity contribution in [2.45, 2.75) is 134 Å². The van der Waals surface area contributed by atoms with E-state index >= 15 is 0 Å². The number of benzene rings is 2. The number of aliphatic hydroxyl groups excluding tert-OH is 2. The molecule has 6 N–H and O–H groups in total. The standard InChI is InChI=1S/2C18H24O2.C5H8O4/c2*1-18-9-8-14-13-5-3-12(19)10-11(13)2-4-15(14)16(18)6-7-17(18)20;6-4(7)2-1-3-5(8)9/h2*3,5,10,14-17,19-20H,2,4,6-9H2,1H3;1-3H2,(H,6,7)(H,8,9)/t2*14-,15-,16+,17?,18+;/m11./s1. The van der Waals surface area contributed by atoms with Crippen molar-refractivity contribution in [1.29, 1.82) is 0 Å². The Kier molecular flexibility index (Phi) is 10.4. The SMILES string of the molecule is C[C@]12CC[C@@H]3c4ccc(O)cc4CC[C@H]3[C@@H]1CCC2O.C[C@]12CC[C@@H]3c4ccc(O)cc4CC[C@H]3[C@@H]1CCC2O.O=C(O)CCCC(=O)O. The van der Waals surface area contributed by atoms with Crippen LogP contribution in [0.1, 0.15) is 131 Å². The van der Waals surface area contributed by atoms with Crippen molar-refractivity contribution in [3.8, 4) is 11.5 Å². The summed E-state index contributed by atoms with van der Waals surface area (Å²) in [5.74, 6) is 3.08. The number of aryl methyl sites for hydroxylation is 2. The van der Waals surface area contributed by atoms with Crippen molar-refractivity contribution in [3.05, 3.63) is 58.7 Å². The number of phenolic OH excluding ortho intramolecular Hbond substituents is 2. The Morgan fingerprint density at radius 2 is 1.04 bits per heavy atom. The smallest absolute Gasteiger partial charge is 0.303 e. The Morgan fingerprint density at radius 1 is 0.633 bits per heavy atom. The van der Waals surface area contributed by atoms with Gasteiger partial charge in [-0.2, -0.15) is 0 Å². The lowest BCUT2D eigenvalue weighted by molar-refractivity contribution is -0.138. The van der Waals surface area contributed by atoms with E-state index < -0.39 is 11.9 Å². The van der Waals surface area contributed by atoms with Crippen molar-refractivity contribution < 1.29 is 40.2 Å². The molecule has 8 heteroatoms. The molecular formula is C41H56O8. The first kappa shape index (κ1) is 35.7. The van der Waals surface area contributed by atoms with Crippen LogP contribution in [0.5, 0.6) is 11.5 Å². The second-order valence-corrected chi connectivity index (χ2v) is 16.5. The molecule has 0 spiro atoms. The average Bonchev–Trinajstić information content (AvgIpc) is 3.54. The average molecular weight is 677 g/mol. The number of hydrogen-bond acceptors (Lipinski definition) is 6. The first-order valence-corrected chi connectivity index (χ1v) is 18.7. The van der Waals surface area contributed by atoms with Crippen molar-refractivity contribution in [1.82, 2.24) is 0 Å². The largest absolute Gasteiger partial charge is 0.508 e. The number of carbonyl (C=O) groups is 2. The molecule has 8 nitrogen and oxygen atoms in total. The maximum absolute atomic E-state index is 10.4. The van der Waals surface area contributed by atoms with Crippen molar-refractivity contribution in [2.75, 3.05) is 0 Å². The third kappa shape index (κ3) is 6.97. The fraction of sp³-hybridized carbons (Fsp3) is 0.659. The van der Waals surface area contributed by atoms with E-state index in [4.69, 9.17) is 10.2 Å². The van der Waals surface area contributed by atoms with Crippen LogP contribution in [0.3, 0.4) is 0 Å². The molecule has 0 saturated heterocycles. The van der Waals surface area contributed by atoms with E-state index in [1.807, 2.05) is 24.3 Å². The normalized spacial score (nSPS) is 36.5. The summed E-state index contributed by atoms with van der Waals surface area (Å²) in [7, 11) is 0. The monoisotopic (exact) mass is 676 g/mol. The van der Waals surface area contributed by atoms with E-state index in [9.17, 15) is 30.0 Å². The molecule has 8 rings (SSSR count). The Bertz CT molecular complexity index is 1410. The molecule has 6 aliphatic carbocycles. The van der Waals surface area contributed by atoms with Gasteiger partial charge in [-0.3, -0.25) is 9.59 Å². The van der Waals surface area contributed by atoms with Crippen molar-refractivity contribution in [3.63, 3.8) is 0 Å². The van der Waals surface area contributed by atoms with Gasteiger partial charge in [0.25, 0.3) is 0 Å². The molecule has 0 amide bonds. The maximum Gasteiger partial charge on any atom is 0.303 e. The summed E-state index contributed by atoms with van der Waals surface area (Å²) >= 11 is 0. The van der Waals surface area contributed by atoms with E-state index in [-0.39, 0.29) is 42.3 Å². The molecule has 2 aromatic rings. The van der Waals surface area contributed by atoms with Crippen molar-refractivity contribution >= 4 is 11.9 Å². The summed E-state index contributed by atoms with van der Waals surface area (Å²) < 4.78 is 0. The van der Waals surface area contributed by atoms with Crippen LogP contribution in [0, 0.1) is 34.5 Å². The molecule has 10 atom stereocenters. The number of phenols is 2. The molecule has 0 bridgehead atoms. The number of carboxylic acid groups (broad SMARTS) is 2. The molecule has 0 aliphatic heterocycles. The first-order chi connectivity index (χ1) is 23.3. The number of rotatable bonds is 4. The van der Waals surface area contributed by atoms with E-state index in [2.05, 4.69) is 26.0 Å². The van der Waals surface area contributed by atoms with Gasteiger partial charge in [0.05, 0.1) is 12.2 Å². The van der Waals surface area contributed by atoms with Gasteiger partial charge in [0, 0.05) is 12.8 Å². The lowest BCUT2D eigenvalue weighted by atomic mass is 9.55. The van der Waals surface area contributed by atoms with Crippen LogP contribution in [0.15, 0.2) is 36.4 Å². The minimum absolute atomic E-state index is 0.0632. The molecule has 0 aromatic heterocycles. The molecular weight excluding hydrogens is 620 g/mol. The Morgan fingerprint density at radius 3 is 1.43 bits per heavy atom. The predicted octanol–water partition coefficient (Wildman–Crippen LogP) is 7.54. The summed E-state index contributed by atoms with van der Waals surface area (Å²) in [6, 6.07) is 11.9. The van der Waals surface area contributed by atoms with E-state index in [0.717, 1.165) is 50.4 Å². The van der Waals surface area contributed by atoms with Gasteiger partial charge in [-0.25, -0.2) is 0 Å². The highest BCUT2D eigenvalue weighted by molar-refractivity contribution is 5.69. The van der Waals surface area contributed by atoms with Gasteiger partial charge in [0.15, 0.2) is 0 Å². The van der Waals surface area contributed by atoms with Crippen molar-refractivity contribution in [2.24, 2.45) is 34.5 Å². The number of hydrogen-bond donors (Lipinski definition) is 6. The van der Waals surface area contributed by atoms with Crippen LogP contribution < -0.4 is 0 Å². The fourth-order valence-corrected chi connectivity index (χ4v) is 11.5. The van der Waals surface area contributed by atoms with Crippen LogP contribution in [0.25, 0.3) is 0 Å². The zero-order chi connectivity index (χ0) is 35.1. The zero-order valence-corrected chi connectivity index (χ0v) is 29.2. The summed E-state index contributed by atoms with van der Waals surface area (Å²) in [5.41, 5.74) is 5.98. The van der Waals surface area contributed by atoms with Gasteiger partial charge in [-0.1, -0.05) is 26.0 Å². The number of fused-ring (bicyclic) bond motifs is 10. The van der Waals surface area contributed by atoms with Crippen LogP contribution in [0.4, 0.5) is 0 Å². The lowest BCUT2D eigenvalue weighted by Crippen LogP contribution is -2.43. The molecule has 2 unspecified atom stereocenters. The zero-order valence-electron chi connectivity index (χ0n) is 29.2. The number of aromatic hydroxyl groups is 2. The maximum atomic E-state index is 10.4. The third-order valence-corrected chi connectivity index (χ3v) is 14.1. The Hall–Kier alpha value is -3.10. The lowest BCUT2D eigenvalue weighted by Gasteiger charge is -2.50. The van der Waals surface area contributed by atoms with Gasteiger partial charge < -0.3 is 30.6 Å². The van der Waals surface area contributed by atoms with Gasteiger partial charge >= 0.3 is 11.9 Å². The summed E-state index contributed by atoms with van der Waals surface area (Å²) in [6.07, 6.45) is 13.6. The fourth-order valence-electron chi connectivity index (χ4n) is 11.5. The minimum atomic E-state index is -0.948. The number of aliphatic carboxylic acids is 2. The Balaban J connectivity index is 0.000000138. The summed E-state index contributed by atoms with van der Waals surface area (Å²) in [6.45, 7) is 4.63. The third-order valence-electron chi connectivity index (χ3n) is 14.1. The minimum Gasteiger partial charge on any atom is -0.508 e. The van der Waals surface area contributed by atoms with Crippen LogP contribution in [-0.4, -0.2) is 54.8 Å². The quantitative estimate of drug-likeness (QED) is 0.194. The number of aliphatic hydroxyl groups is 2. The van der Waals surface area contributed by atoms with E-state index in [1.165, 1.54) is 60.8 Å². The first-order valence-electron chi connectivity index (χ1n) is 18.7. The summed E-state index contributed by atoms with van der Waals surface area (Å²) in [4.78, 5) is 19.6. The molecule has 49 heavy (non-hydrogen) atoms. The topological polar surface area (TPSA) is 156 Å². The molecule has 4 saturated carbocycles. The highest BCUT2D eigenvalue weighted by Gasteiger charge is 2.55. The molecule has 0 radical (unpaired) electrons. The Labute approximate surface area is 290 Å². The second kappa shape index (κ2) is 14.3. The molecule has 6 aliphatic rings. The molecule has 268 valence electrons. The second-order valence-electron chi connectivity index (χ2n) is 16.5. The van der Waals surface area contributed by atoms with Crippen LogP contribution in [0.2, 0.25) is 0 Å². The van der Waals surface area contributed by atoms with E-state index in [1.54, 1.807) is 0 Å². The highest BCUT2D eigenvalue weighted by Crippen LogP contribution is 2.62.